The van der Waals surface area contributed by atoms with Crippen molar-refractivity contribution >= 4 is 23.5 Å². The molecule has 0 spiro atoms. The number of nitrogens with zero attached hydrogens (tertiary/aromatic N) is 1. The van der Waals surface area contributed by atoms with Crippen molar-refractivity contribution in [2.45, 2.75) is 26.7 Å². The lowest BCUT2D eigenvalue weighted by Gasteiger charge is -2.32. The Bertz CT molecular complexity index is 544. The van der Waals surface area contributed by atoms with Crippen molar-refractivity contribution < 1.29 is 14.3 Å². The van der Waals surface area contributed by atoms with Gasteiger partial charge >= 0.3 is 5.97 Å². The molecule has 114 valence electrons. The Kier molecular flexibility index (Phi) is 5.23. The second-order valence-electron chi connectivity index (χ2n) is 5.30. The van der Waals surface area contributed by atoms with Gasteiger partial charge in [-0.2, -0.15) is 0 Å². The summed E-state index contributed by atoms with van der Waals surface area (Å²) in [6.07, 6.45) is 1.60. The average Bonchev–Trinajstić information content (AvgIpc) is 2.47. The summed E-state index contributed by atoms with van der Waals surface area (Å²) in [7, 11) is 0. The molecule has 0 bridgehead atoms. The summed E-state index contributed by atoms with van der Waals surface area (Å²) >= 11 is 5.92. The summed E-state index contributed by atoms with van der Waals surface area (Å²) in [4.78, 5) is 26.2. The van der Waals surface area contributed by atoms with Crippen LogP contribution in [0.15, 0.2) is 18.2 Å². The monoisotopic (exact) mass is 309 g/mol. The molecule has 1 aliphatic heterocycles. The highest BCUT2D eigenvalue weighted by atomic mass is 35.5. The maximum atomic E-state index is 12.6. The van der Waals surface area contributed by atoms with Crippen LogP contribution in [0, 0.1) is 12.8 Å². The van der Waals surface area contributed by atoms with Crippen LogP contribution in [0.5, 0.6) is 0 Å². The number of carbonyl (C=O) groups is 2. The Balaban J connectivity index is 2.10. The van der Waals surface area contributed by atoms with Crippen LogP contribution in [-0.2, 0) is 9.53 Å². The fourth-order valence-corrected chi connectivity index (χ4v) is 2.88. The summed E-state index contributed by atoms with van der Waals surface area (Å²) in [5, 5.41) is 0.618. The Morgan fingerprint density at radius 2 is 2.19 bits per heavy atom. The zero-order chi connectivity index (χ0) is 15.4. The van der Waals surface area contributed by atoms with Crippen LogP contribution in [0.2, 0.25) is 5.02 Å². The highest BCUT2D eigenvalue weighted by molar-refractivity contribution is 6.30. The van der Waals surface area contributed by atoms with Gasteiger partial charge in [0, 0.05) is 23.7 Å². The van der Waals surface area contributed by atoms with Crippen LogP contribution in [-0.4, -0.2) is 36.5 Å². The fraction of sp³-hybridized carbons (Fsp3) is 0.500. The van der Waals surface area contributed by atoms with Gasteiger partial charge in [-0.25, -0.2) is 0 Å². The Labute approximate surface area is 130 Å². The van der Waals surface area contributed by atoms with Crippen molar-refractivity contribution in [2.24, 2.45) is 5.92 Å². The van der Waals surface area contributed by atoms with Crippen LogP contribution in [0.25, 0.3) is 0 Å². The van der Waals surface area contributed by atoms with Gasteiger partial charge < -0.3 is 9.64 Å². The number of piperidine rings is 1. The van der Waals surface area contributed by atoms with E-state index >= 15 is 0 Å². The quantitative estimate of drug-likeness (QED) is 0.806. The largest absolute Gasteiger partial charge is 0.466 e. The molecule has 1 unspecified atom stereocenters. The number of hydrogen-bond donors (Lipinski definition) is 0. The molecule has 0 aromatic heterocycles. The molecule has 1 atom stereocenters. The predicted octanol–water partition coefficient (Wildman–Crippen LogP) is 3.06. The number of hydrogen-bond acceptors (Lipinski definition) is 3. The third kappa shape index (κ3) is 3.76. The summed E-state index contributed by atoms with van der Waals surface area (Å²) < 4.78 is 5.06. The van der Waals surface area contributed by atoms with Gasteiger partial charge in [-0.3, -0.25) is 9.59 Å². The number of halogens is 1. The van der Waals surface area contributed by atoms with E-state index in [0.717, 1.165) is 18.4 Å². The second-order valence-corrected chi connectivity index (χ2v) is 5.74. The number of esters is 1. The molecule has 1 heterocycles. The minimum Gasteiger partial charge on any atom is -0.466 e. The van der Waals surface area contributed by atoms with E-state index in [1.54, 1.807) is 30.0 Å². The van der Waals surface area contributed by atoms with E-state index in [-0.39, 0.29) is 17.8 Å². The zero-order valence-electron chi connectivity index (χ0n) is 12.4. The van der Waals surface area contributed by atoms with E-state index in [9.17, 15) is 9.59 Å². The Morgan fingerprint density at radius 3 is 2.86 bits per heavy atom. The maximum Gasteiger partial charge on any atom is 0.310 e. The summed E-state index contributed by atoms with van der Waals surface area (Å²) in [6, 6.07) is 5.24. The van der Waals surface area contributed by atoms with Crippen LogP contribution in [0.1, 0.15) is 35.7 Å². The van der Waals surface area contributed by atoms with Crippen molar-refractivity contribution in [3.8, 4) is 0 Å². The third-order valence-corrected chi connectivity index (χ3v) is 3.98. The molecule has 1 saturated heterocycles. The van der Waals surface area contributed by atoms with Gasteiger partial charge in [0.25, 0.3) is 5.91 Å². The lowest BCUT2D eigenvalue weighted by atomic mass is 9.97. The van der Waals surface area contributed by atoms with E-state index in [0.29, 0.717) is 30.3 Å². The van der Waals surface area contributed by atoms with Crippen LogP contribution < -0.4 is 0 Å². The molecule has 2 rings (SSSR count). The molecule has 0 saturated carbocycles. The molecule has 0 N–H and O–H groups in total. The molecule has 1 aromatic rings. The van der Waals surface area contributed by atoms with E-state index in [2.05, 4.69) is 0 Å². The number of carbonyl (C=O) groups excluding carboxylic acids is 2. The SMILES string of the molecule is CCOC(=O)C1CCCN(C(=O)c2ccc(Cl)cc2C)C1. The van der Waals surface area contributed by atoms with Gasteiger partial charge in [-0.05, 0) is 50.5 Å². The van der Waals surface area contributed by atoms with E-state index in [4.69, 9.17) is 16.3 Å². The first-order valence-electron chi connectivity index (χ1n) is 7.25. The minimum absolute atomic E-state index is 0.0434. The summed E-state index contributed by atoms with van der Waals surface area (Å²) in [6.45, 7) is 5.14. The van der Waals surface area contributed by atoms with E-state index in [1.165, 1.54) is 0 Å². The highest BCUT2D eigenvalue weighted by Crippen LogP contribution is 2.22. The van der Waals surface area contributed by atoms with Gasteiger partial charge in [-0.1, -0.05) is 11.6 Å². The topological polar surface area (TPSA) is 46.6 Å². The van der Waals surface area contributed by atoms with Crippen LogP contribution in [0.3, 0.4) is 0 Å². The molecule has 1 fully saturated rings. The minimum atomic E-state index is -0.213. The van der Waals surface area contributed by atoms with Crippen LogP contribution >= 0.6 is 11.6 Å². The Morgan fingerprint density at radius 1 is 1.43 bits per heavy atom. The molecule has 0 aliphatic carbocycles. The molecule has 4 nitrogen and oxygen atoms in total. The van der Waals surface area contributed by atoms with Gasteiger partial charge in [0.2, 0.25) is 0 Å². The number of amides is 1. The standard InChI is InChI=1S/C16H20ClNO3/c1-3-21-16(20)12-5-4-8-18(10-12)15(19)14-7-6-13(17)9-11(14)2/h6-7,9,12H,3-5,8,10H2,1-2H3. The predicted molar refractivity (Wildman–Crippen MR) is 81.4 cm³/mol. The molecule has 21 heavy (non-hydrogen) atoms. The first-order valence-corrected chi connectivity index (χ1v) is 7.62. The summed E-state index contributed by atoms with van der Waals surface area (Å²) in [5.41, 5.74) is 1.50. The van der Waals surface area contributed by atoms with Crippen molar-refractivity contribution in [3.05, 3.63) is 34.3 Å². The van der Waals surface area contributed by atoms with Crippen molar-refractivity contribution in [3.63, 3.8) is 0 Å². The van der Waals surface area contributed by atoms with Crippen molar-refractivity contribution in [1.29, 1.82) is 0 Å². The number of benzene rings is 1. The number of ether oxygens (including phenoxy) is 1. The zero-order valence-corrected chi connectivity index (χ0v) is 13.2. The average molecular weight is 310 g/mol. The molecular weight excluding hydrogens is 290 g/mol. The van der Waals surface area contributed by atoms with Gasteiger partial charge in [-0.15, -0.1) is 0 Å². The third-order valence-electron chi connectivity index (χ3n) is 3.75. The lowest BCUT2D eigenvalue weighted by molar-refractivity contribution is -0.149. The summed E-state index contributed by atoms with van der Waals surface area (Å²) in [5.74, 6) is -0.462. The smallest absolute Gasteiger partial charge is 0.310 e. The van der Waals surface area contributed by atoms with Crippen molar-refractivity contribution in [1.82, 2.24) is 4.90 Å². The van der Waals surface area contributed by atoms with Gasteiger partial charge in [0.05, 0.1) is 12.5 Å². The highest BCUT2D eigenvalue weighted by Gasteiger charge is 2.30. The molecule has 0 radical (unpaired) electrons. The van der Waals surface area contributed by atoms with E-state index < -0.39 is 0 Å². The first kappa shape index (κ1) is 15.8. The number of aryl methyl sites for hydroxylation is 1. The molecule has 1 amide bonds. The molecule has 1 aromatic carbocycles. The normalized spacial score (nSPS) is 18.4. The number of likely N-dealkylation sites (tertiary alicyclic amines) is 1. The lowest BCUT2D eigenvalue weighted by Crippen LogP contribution is -2.43. The first-order chi connectivity index (χ1) is 10.0. The molecule has 5 heteroatoms. The maximum absolute atomic E-state index is 12.6. The van der Waals surface area contributed by atoms with Crippen LogP contribution in [0.4, 0.5) is 0 Å². The van der Waals surface area contributed by atoms with Gasteiger partial charge in [0.15, 0.2) is 0 Å². The van der Waals surface area contributed by atoms with Crippen molar-refractivity contribution in [2.75, 3.05) is 19.7 Å². The molecular formula is C16H20ClNO3. The number of rotatable bonds is 3. The van der Waals surface area contributed by atoms with Gasteiger partial charge in [0.1, 0.15) is 0 Å². The Hall–Kier alpha value is -1.55. The fourth-order valence-electron chi connectivity index (χ4n) is 2.65. The second kappa shape index (κ2) is 6.94. The van der Waals surface area contributed by atoms with E-state index in [1.807, 2.05) is 6.92 Å². The molecule has 1 aliphatic rings.